The minimum Gasteiger partial charge on any atom is -0.496 e. The van der Waals surface area contributed by atoms with E-state index in [0.717, 1.165) is 17.1 Å². The first-order valence-electron chi connectivity index (χ1n) is 4.16. The number of ether oxygens (including phenoxy) is 1. The van der Waals surface area contributed by atoms with Gasteiger partial charge >= 0.3 is 0 Å². The van der Waals surface area contributed by atoms with Crippen LogP contribution >= 0.6 is 11.8 Å². The van der Waals surface area contributed by atoms with Crippen molar-refractivity contribution in [2.45, 2.75) is 12.3 Å². The topological polar surface area (TPSA) is 35.2 Å². The Balaban J connectivity index is 2.91. The van der Waals surface area contributed by atoms with Crippen molar-refractivity contribution in [1.82, 2.24) is 0 Å². The first-order valence-corrected chi connectivity index (χ1v) is 5.56. The van der Waals surface area contributed by atoms with Gasteiger partial charge in [0.25, 0.3) is 0 Å². The summed E-state index contributed by atoms with van der Waals surface area (Å²) < 4.78 is 5.18. The third-order valence-electron chi connectivity index (χ3n) is 1.88. The first-order chi connectivity index (χ1) is 6.31. The van der Waals surface area contributed by atoms with Crippen LogP contribution in [0.5, 0.6) is 5.75 Å². The second-order valence-electron chi connectivity index (χ2n) is 2.78. The number of thioether (sulfide) groups is 1. The number of hydrogen-bond acceptors (Lipinski definition) is 3. The molecule has 0 atom stereocenters. The SMILES string of the molecule is COc1ccc(CSC)cc1CN. The fourth-order valence-electron chi connectivity index (χ4n) is 1.25. The molecule has 0 radical (unpaired) electrons. The van der Waals surface area contributed by atoms with Crippen LogP contribution < -0.4 is 10.5 Å². The van der Waals surface area contributed by atoms with Gasteiger partial charge in [0.2, 0.25) is 0 Å². The van der Waals surface area contributed by atoms with Crippen molar-refractivity contribution >= 4 is 11.8 Å². The van der Waals surface area contributed by atoms with Crippen molar-refractivity contribution in [2.75, 3.05) is 13.4 Å². The van der Waals surface area contributed by atoms with Crippen LogP contribution in [0.3, 0.4) is 0 Å². The highest BCUT2D eigenvalue weighted by molar-refractivity contribution is 7.97. The summed E-state index contributed by atoms with van der Waals surface area (Å²) in [7, 11) is 1.67. The summed E-state index contributed by atoms with van der Waals surface area (Å²) in [6.45, 7) is 0.533. The highest BCUT2D eigenvalue weighted by Crippen LogP contribution is 2.21. The Bertz CT molecular complexity index is 276. The smallest absolute Gasteiger partial charge is 0.123 e. The molecular weight excluding hydrogens is 182 g/mol. The van der Waals surface area contributed by atoms with Crippen LogP contribution in [-0.4, -0.2) is 13.4 Å². The molecule has 72 valence electrons. The highest BCUT2D eigenvalue weighted by Gasteiger charge is 2.01. The van der Waals surface area contributed by atoms with E-state index in [1.54, 1.807) is 18.9 Å². The highest BCUT2D eigenvalue weighted by atomic mass is 32.2. The van der Waals surface area contributed by atoms with Gasteiger partial charge in [0, 0.05) is 17.9 Å². The number of benzene rings is 1. The molecule has 1 aromatic carbocycles. The van der Waals surface area contributed by atoms with Gasteiger partial charge in [-0.25, -0.2) is 0 Å². The second-order valence-corrected chi connectivity index (χ2v) is 3.65. The van der Waals surface area contributed by atoms with E-state index in [1.165, 1.54) is 5.56 Å². The molecule has 0 spiro atoms. The molecule has 0 heterocycles. The lowest BCUT2D eigenvalue weighted by Gasteiger charge is -2.08. The maximum atomic E-state index is 5.60. The lowest BCUT2D eigenvalue weighted by atomic mass is 10.1. The molecule has 3 heteroatoms. The predicted molar refractivity (Wildman–Crippen MR) is 58.1 cm³/mol. The van der Waals surface area contributed by atoms with Crippen LogP contribution in [0.15, 0.2) is 18.2 Å². The van der Waals surface area contributed by atoms with Crippen LogP contribution in [0.4, 0.5) is 0 Å². The van der Waals surface area contributed by atoms with Crippen LogP contribution in [-0.2, 0) is 12.3 Å². The summed E-state index contributed by atoms with van der Waals surface area (Å²) in [6.07, 6.45) is 2.09. The van der Waals surface area contributed by atoms with Gasteiger partial charge < -0.3 is 10.5 Å². The maximum Gasteiger partial charge on any atom is 0.123 e. The van der Waals surface area contributed by atoms with Crippen LogP contribution in [0, 0.1) is 0 Å². The lowest BCUT2D eigenvalue weighted by molar-refractivity contribution is 0.409. The predicted octanol–water partition coefficient (Wildman–Crippen LogP) is 2.02. The number of hydrogen-bond donors (Lipinski definition) is 1. The molecule has 0 bridgehead atoms. The van der Waals surface area contributed by atoms with Crippen molar-refractivity contribution < 1.29 is 4.74 Å². The van der Waals surface area contributed by atoms with E-state index in [-0.39, 0.29) is 0 Å². The van der Waals surface area contributed by atoms with Crippen LogP contribution in [0.2, 0.25) is 0 Å². The maximum absolute atomic E-state index is 5.60. The zero-order valence-electron chi connectivity index (χ0n) is 8.04. The molecule has 0 aliphatic rings. The summed E-state index contributed by atoms with van der Waals surface area (Å²) in [5, 5.41) is 0. The summed E-state index contributed by atoms with van der Waals surface area (Å²) in [6, 6.07) is 6.16. The molecule has 0 aliphatic heterocycles. The molecule has 0 saturated carbocycles. The van der Waals surface area contributed by atoms with Crippen molar-refractivity contribution in [3.8, 4) is 5.75 Å². The standard InChI is InChI=1S/C10H15NOS/c1-12-10-4-3-8(7-13-2)5-9(10)6-11/h3-5H,6-7,11H2,1-2H3. The third kappa shape index (κ3) is 2.64. The number of methoxy groups -OCH3 is 1. The zero-order valence-corrected chi connectivity index (χ0v) is 8.86. The largest absolute Gasteiger partial charge is 0.496 e. The van der Waals surface area contributed by atoms with Gasteiger partial charge in [0.05, 0.1) is 7.11 Å². The molecule has 2 N–H and O–H groups in total. The number of rotatable bonds is 4. The normalized spacial score (nSPS) is 10.1. The van der Waals surface area contributed by atoms with Gasteiger partial charge in [-0.15, -0.1) is 0 Å². The lowest BCUT2D eigenvalue weighted by Crippen LogP contribution is -2.00. The average molecular weight is 197 g/mol. The van der Waals surface area contributed by atoms with Gasteiger partial charge in [-0.3, -0.25) is 0 Å². The molecule has 0 unspecified atom stereocenters. The summed E-state index contributed by atoms with van der Waals surface area (Å²) in [4.78, 5) is 0. The average Bonchev–Trinajstić information content (AvgIpc) is 2.18. The summed E-state index contributed by atoms with van der Waals surface area (Å²) in [5.41, 5.74) is 7.98. The van der Waals surface area contributed by atoms with Crippen molar-refractivity contribution in [3.63, 3.8) is 0 Å². The van der Waals surface area contributed by atoms with Crippen molar-refractivity contribution in [3.05, 3.63) is 29.3 Å². The van der Waals surface area contributed by atoms with Crippen LogP contribution in [0.25, 0.3) is 0 Å². The molecule has 0 amide bonds. The Kier molecular flexibility index (Phi) is 4.12. The van der Waals surface area contributed by atoms with Crippen LogP contribution in [0.1, 0.15) is 11.1 Å². The summed E-state index contributed by atoms with van der Waals surface area (Å²) in [5.74, 6) is 1.91. The van der Waals surface area contributed by atoms with Gasteiger partial charge in [-0.1, -0.05) is 6.07 Å². The van der Waals surface area contributed by atoms with Gasteiger partial charge in [0.1, 0.15) is 5.75 Å². The Morgan fingerprint density at radius 3 is 2.77 bits per heavy atom. The van der Waals surface area contributed by atoms with E-state index in [1.807, 2.05) is 6.07 Å². The fourth-order valence-corrected chi connectivity index (χ4v) is 1.76. The van der Waals surface area contributed by atoms with E-state index in [0.29, 0.717) is 6.54 Å². The molecule has 1 aromatic rings. The van der Waals surface area contributed by atoms with Gasteiger partial charge in [-0.2, -0.15) is 11.8 Å². The molecule has 13 heavy (non-hydrogen) atoms. The molecule has 0 fully saturated rings. The summed E-state index contributed by atoms with van der Waals surface area (Å²) >= 11 is 1.81. The third-order valence-corrected chi connectivity index (χ3v) is 2.50. The first kappa shape index (κ1) is 10.4. The quantitative estimate of drug-likeness (QED) is 0.802. The Morgan fingerprint density at radius 2 is 2.23 bits per heavy atom. The Hall–Kier alpha value is -0.670. The molecule has 2 nitrogen and oxygen atoms in total. The molecule has 0 aromatic heterocycles. The minimum absolute atomic E-state index is 0.533. The van der Waals surface area contributed by atoms with Gasteiger partial charge in [-0.05, 0) is 24.0 Å². The molecular formula is C10H15NOS. The van der Waals surface area contributed by atoms with E-state index in [2.05, 4.69) is 18.4 Å². The van der Waals surface area contributed by atoms with E-state index in [9.17, 15) is 0 Å². The van der Waals surface area contributed by atoms with E-state index < -0.39 is 0 Å². The van der Waals surface area contributed by atoms with Gasteiger partial charge in [0.15, 0.2) is 0 Å². The van der Waals surface area contributed by atoms with Crippen molar-refractivity contribution in [2.24, 2.45) is 5.73 Å². The second kappa shape index (κ2) is 5.14. The van der Waals surface area contributed by atoms with Crippen molar-refractivity contribution in [1.29, 1.82) is 0 Å². The monoisotopic (exact) mass is 197 g/mol. The molecule has 0 saturated heterocycles. The number of nitrogens with two attached hydrogens (primary N) is 1. The van der Waals surface area contributed by atoms with E-state index in [4.69, 9.17) is 10.5 Å². The Morgan fingerprint density at radius 1 is 1.46 bits per heavy atom. The molecule has 0 aliphatic carbocycles. The molecule has 1 rings (SSSR count). The Labute approximate surface area is 83.5 Å². The fraction of sp³-hybridized carbons (Fsp3) is 0.400. The zero-order chi connectivity index (χ0) is 9.68. The van der Waals surface area contributed by atoms with E-state index >= 15 is 0 Å². The minimum atomic E-state index is 0.533.